The quantitative estimate of drug-likeness (QED) is 0.588. The third-order valence-electron chi connectivity index (χ3n) is 5.42. The molecule has 0 aromatic carbocycles. The predicted octanol–water partition coefficient (Wildman–Crippen LogP) is 2.20. The summed E-state index contributed by atoms with van der Waals surface area (Å²) >= 11 is 0. The molecule has 2 aliphatic carbocycles. The largest absolute Gasteiger partial charge is 0.454 e. The molecule has 0 radical (unpaired) electrons. The maximum absolute atomic E-state index is 11.6. The molecule has 4 atom stereocenters. The fourth-order valence-corrected chi connectivity index (χ4v) is 3.86. The molecule has 2 bridgehead atoms. The van der Waals surface area contributed by atoms with Crippen LogP contribution < -0.4 is 0 Å². The van der Waals surface area contributed by atoms with Crippen molar-refractivity contribution in [3.8, 4) is 0 Å². The van der Waals surface area contributed by atoms with Gasteiger partial charge in [-0.1, -0.05) is 20.8 Å². The molecule has 1 aliphatic heterocycles. The lowest BCUT2D eigenvalue weighted by Crippen LogP contribution is -2.45. The van der Waals surface area contributed by atoms with Crippen LogP contribution >= 0.6 is 0 Å². The summed E-state index contributed by atoms with van der Waals surface area (Å²) < 4.78 is 5.63. The number of aliphatic imine (C=N–C) groups is 1. The van der Waals surface area contributed by atoms with Crippen LogP contribution in [0.3, 0.4) is 0 Å². The van der Waals surface area contributed by atoms with Gasteiger partial charge in [0.25, 0.3) is 0 Å². The summed E-state index contributed by atoms with van der Waals surface area (Å²) in [5.74, 6) is 0.358. The average molecular weight is 221 g/mol. The molecule has 0 aromatic heterocycles. The van der Waals surface area contributed by atoms with E-state index in [1.54, 1.807) is 0 Å². The monoisotopic (exact) mass is 221 g/mol. The molecule has 16 heavy (non-hydrogen) atoms. The van der Waals surface area contributed by atoms with Crippen molar-refractivity contribution in [1.29, 1.82) is 0 Å². The number of carbonyl (C=O) groups excluding carboxylic acids is 1. The maximum Gasteiger partial charge on any atom is 0.331 e. The Balaban J connectivity index is 2.12. The molecule has 3 aliphatic rings. The van der Waals surface area contributed by atoms with Crippen LogP contribution in [-0.2, 0) is 9.53 Å². The van der Waals surface area contributed by atoms with Crippen molar-refractivity contribution in [3.05, 3.63) is 0 Å². The highest BCUT2D eigenvalue weighted by atomic mass is 16.5. The number of rotatable bonds is 0. The van der Waals surface area contributed by atoms with E-state index in [1.165, 1.54) is 6.42 Å². The second-order valence-electron chi connectivity index (χ2n) is 6.28. The Morgan fingerprint density at radius 3 is 2.75 bits per heavy atom. The molecule has 2 fully saturated rings. The highest BCUT2D eigenvalue weighted by Gasteiger charge is 2.67. The van der Waals surface area contributed by atoms with Gasteiger partial charge in [0.1, 0.15) is 12.1 Å². The topological polar surface area (TPSA) is 38.7 Å². The van der Waals surface area contributed by atoms with Gasteiger partial charge < -0.3 is 4.74 Å². The molecule has 1 heterocycles. The zero-order valence-electron chi connectivity index (χ0n) is 10.4. The summed E-state index contributed by atoms with van der Waals surface area (Å²) in [6.07, 6.45) is 2.30. The molecule has 3 heteroatoms. The van der Waals surface area contributed by atoms with Crippen molar-refractivity contribution in [3.63, 3.8) is 0 Å². The highest BCUT2D eigenvalue weighted by molar-refractivity contribution is 6.01. The van der Waals surface area contributed by atoms with Gasteiger partial charge in [0.15, 0.2) is 0 Å². The van der Waals surface area contributed by atoms with E-state index in [4.69, 9.17) is 4.74 Å². The maximum atomic E-state index is 11.6. The van der Waals surface area contributed by atoms with Crippen molar-refractivity contribution >= 4 is 11.7 Å². The first-order chi connectivity index (χ1) is 7.38. The smallest absolute Gasteiger partial charge is 0.331 e. The summed E-state index contributed by atoms with van der Waals surface area (Å²) in [4.78, 5) is 16.2. The number of hydrogen-bond donors (Lipinski definition) is 0. The predicted molar refractivity (Wildman–Crippen MR) is 61.4 cm³/mol. The number of nitrogens with zero attached hydrogens (tertiary/aromatic N) is 1. The van der Waals surface area contributed by atoms with Crippen molar-refractivity contribution < 1.29 is 9.53 Å². The molecule has 0 saturated heterocycles. The summed E-state index contributed by atoms with van der Waals surface area (Å²) in [5, 5.41) is 0. The van der Waals surface area contributed by atoms with Crippen molar-refractivity contribution in [2.75, 3.05) is 0 Å². The first-order valence-electron chi connectivity index (χ1n) is 6.16. The fraction of sp³-hybridized carbons (Fsp3) is 0.846. The normalized spacial score (nSPS) is 48.6. The van der Waals surface area contributed by atoms with Gasteiger partial charge in [-0.05, 0) is 25.2 Å². The summed E-state index contributed by atoms with van der Waals surface area (Å²) in [7, 11) is 0. The van der Waals surface area contributed by atoms with Crippen LogP contribution in [0.1, 0.15) is 40.5 Å². The van der Waals surface area contributed by atoms with Gasteiger partial charge in [-0.15, -0.1) is 0 Å². The second kappa shape index (κ2) is 2.69. The molecule has 0 aromatic rings. The van der Waals surface area contributed by atoms with Crippen LogP contribution in [0.15, 0.2) is 4.99 Å². The highest BCUT2D eigenvalue weighted by Crippen LogP contribution is 2.65. The van der Waals surface area contributed by atoms with E-state index in [0.29, 0.717) is 5.92 Å². The van der Waals surface area contributed by atoms with Gasteiger partial charge in [-0.3, -0.25) is 4.99 Å². The molecule has 0 unspecified atom stereocenters. The molecule has 88 valence electrons. The minimum atomic E-state index is -0.301. The lowest BCUT2D eigenvalue weighted by molar-refractivity contribution is -0.154. The molecule has 0 N–H and O–H groups in total. The summed E-state index contributed by atoms with van der Waals surface area (Å²) in [6.45, 7) is 8.67. The standard InChI is InChI=1S/C13H19NO2/c1-7-11(15)16-10-9(14-7)8-5-6-13(10,4)12(8,2)3/h7-8,10H,5-6H2,1-4H3/t7-,8-,10-,13+/m1/s1. The third-order valence-corrected chi connectivity index (χ3v) is 5.42. The van der Waals surface area contributed by atoms with E-state index in [2.05, 4.69) is 25.8 Å². The lowest BCUT2D eigenvalue weighted by Gasteiger charge is -2.39. The van der Waals surface area contributed by atoms with Gasteiger partial charge in [0.05, 0.1) is 5.71 Å². The van der Waals surface area contributed by atoms with E-state index < -0.39 is 0 Å². The fourth-order valence-electron chi connectivity index (χ4n) is 3.86. The van der Waals surface area contributed by atoms with E-state index in [-0.39, 0.29) is 28.9 Å². The van der Waals surface area contributed by atoms with Crippen molar-refractivity contribution in [2.24, 2.45) is 21.7 Å². The van der Waals surface area contributed by atoms with Gasteiger partial charge in [0, 0.05) is 11.3 Å². The summed E-state index contributed by atoms with van der Waals surface area (Å²) in [5.41, 5.74) is 1.46. The molecule has 2 saturated carbocycles. The van der Waals surface area contributed by atoms with Gasteiger partial charge in [-0.25, -0.2) is 4.79 Å². The van der Waals surface area contributed by atoms with E-state index in [0.717, 1.165) is 12.1 Å². The van der Waals surface area contributed by atoms with Crippen molar-refractivity contribution in [2.45, 2.75) is 52.7 Å². The second-order valence-corrected chi connectivity index (χ2v) is 6.28. The zero-order chi connectivity index (χ0) is 11.7. The molecule has 0 spiro atoms. The summed E-state index contributed by atoms with van der Waals surface area (Å²) in [6, 6.07) is -0.301. The number of hydrogen-bond acceptors (Lipinski definition) is 3. The Bertz CT molecular complexity index is 399. The van der Waals surface area contributed by atoms with Crippen LogP contribution in [0.5, 0.6) is 0 Å². The first-order valence-corrected chi connectivity index (χ1v) is 6.16. The van der Waals surface area contributed by atoms with Gasteiger partial charge >= 0.3 is 5.97 Å². The third kappa shape index (κ3) is 0.910. The minimum Gasteiger partial charge on any atom is -0.454 e. The lowest BCUT2D eigenvalue weighted by atomic mass is 9.70. The number of fused-ring (bicyclic) bond motifs is 5. The van der Waals surface area contributed by atoms with Gasteiger partial charge in [0.2, 0.25) is 0 Å². The van der Waals surface area contributed by atoms with Crippen LogP contribution in [0.2, 0.25) is 0 Å². The Kier molecular flexibility index (Phi) is 1.73. The zero-order valence-corrected chi connectivity index (χ0v) is 10.4. The molecule has 3 rings (SSSR count). The Morgan fingerprint density at radius 2 is 2.06 bits per heavy atom. The van der Waals surface area contributed by atoms with Crippen LogP contribution in [0.25, 0.3) is 0 Å². The first kappa shape index (κ1) is 10.3. The van der Waals surface area contributed by atoms with Crippen LogP contribution in [0, 0.1) is 16.7 Å². The van der Waals surface area contributed by atoms with Crippen molar-refractivity contribution in [1.82, 2.24) is 0 Å². The van der Waals surface area contributed by atoms with Crippen LogP contribution in [0.4, 0.5) is 0 Å². The molecule has 3 nitrogen and oxygen atoms in total. The Hall–Kier alpha value is -0.860. The minimum absolute atomic E-state index is 0.0510. The molecule has 0 amide bonds. The Morgan fingerprint density at radius 1 is 1.38 bits per heavy atom. The average Bonchev–Trinajstić information content (AvgIpc) is 2.50. The molecular formula is C13H19NO2. The SMILES string of the molecule is C[C@H]1N=C2[C@H]3CC[C@@](C)([C@@H]2OC1=O)C3(C)C. The molecular weight excluding hydrogens is 202 g/mol. The number of ether oxygens (including phenoxy) is 1. The number of esters is 1. The number of carbonyl (C=O) groups is 1. The van der Waals surface area contributed by atoms with E-state index >= 15 is 0 Å². The van der Waals surface area contributed by atoms with Crippen LogP contribution in [-0.4, -0.2) is 23.8 Å². The van der Waals surface area contributed by atoms with Gasteiger partial charge in [-0.2, -0.15) is 0 Å². The van der Waals surface area contributed by atoms with E-state index in [9.17, 15) is 4.79 Å². The Labute approximate surface area is 96.3 Å². The van der Waals surface area contributed by atoms with E-state index in [1.807, 2.05) is 6.92 Å².